The molecular formula is C17H18ClN5. The summed E-state index contributed by atoms with van der Waals surface area (Å²) in [6.45, 7) is 4.11. The molecule has 0 amide bonds. The van der Waals surface area contributed by atoms with Crippen molar-refractivity contribution >= 4 is 11.6 Å². The van der Waals surface area contributed by atoms with E-state index < -0.39 is 0 Å². The molecule has 1 atom stereocenters. The van der Waals surface area contributed by atoms with Crippen molar-refractivity contribution in [1.29, 1.82) is 0 Å². The smallest absolute Gasteiger partial charge is 0.178 e. The molecule has 0 saturated carbocycles. The third kappa shape index (κ3) is 2.85. The van der Waals surface area contributed by atoms with Gasteiger partial charge in [0, 0.05) is 5.02 Å². The lowest BCUT2D eigenvalue weighted by Crippen LogP contribution is -2.23. The van der Waals surface area contributed by atoms with Gasteiger partial charge in [0.05, 0.1) is 11.7 Å². The van der Waals surface area contributed by atoms with Gasteiger partial charge in [-0.05, 0) is 54.1 Å². The average molecular weight is 328 g/mol. The van der Waals surface area contributed by atoms with Crippen LogP contribution in [-0.2, 0) is 0 Å². The Kier molecular flexibility index (Phi) is 4.41. The maximum absolute atomic E-state index is 6.36. The van der Waals surface area contributed by atoms with Gasteiger partial charge in [0.15, 0.2) is 5.82 Å². The highest BCUT2D eigenvalue weighted by atomic mass is 35.5. The van der Waals surface area contributed by atoms with Crippen LogP contribution in [0.3, 0.4) is 0 Å². The quantitative estimate of drug-likeness (QED) is 0.799. The maximum atomic E-state index is 6.36. The number of tetrazole rings is 1. The normalized spacial score (nSPS) is 12.3. The van der Waals surface area contributed by atoms with Gasteiger partial charge in [0.2, 0.25) is 0 Å². The third-order valence-electron chi connectivity index (χ3n) is 3.91. The Bertz CT molecular complexity index is 807. The van der Waals surface area contributed by atoms with Gasteiger partial charge >= 0.3 is 0 Å². The Hall–Kier alpha value is -2.24. The summed E-state index contributed by atoms with van der Waals surface area (Å²) in [6.07, 6.45) is 0. The van der Waals surface area contributed by atoms with Crippen molar-refractivity contribution in [2.45, 2.75) is 19.9 Å². The van der Waals surface area contributed by atoms with Gasteiger partial charge in [-0.1, -0.05) is 48.0 Å². The van der Waals surface area contributed by atoms with Crippen molar-refractivity contribution < 1.29 is 0 Å². The van der Waals surface area contributed by atoms with Crippen LogP contribution in [0.4, 0.5) is 0 Å². The molecule has 1 unspecified atom stereocenters. The van der Waals surface area contributed by atoms with Crippen LogP contribution in [0.2, 0.25) is 5.02 Å². The van der Waals surface area contributed by atoms with Crippen molar-refractivity contribution in [1.82, 2.24) is 25.5 Å². The van der Waals surface area contributed by atoms with E-state index in [9.17, 15) is 0 Å². The van der Waals surface area contributed by atoms with Gasteiger partial charge in [-0.2, -0.15) is 4.68 Å². The number of aromatic nitrogens is 4. The number of nitrogens with zero attached hydrogens (tertiary/aromatic N) is 4. The number of hydrogen-bond donors (Lipinski definition) is 1. The zero-order valence-electron chi connectivity index (χ0n) is 13.3. The van der Waals surface area contributed by atoms with Crippen LogP contribution in [0, 0.1) is 13.8 Å². The van der Waals surface area contributed by atoms with Crippen LogP contribution in [0.1, 0.15) is 28.6 Å². The van der Waals surface area contributed by atoms with Crippen LogP contribution in [0.25, 0.3) is 5.69 Å². The summed E-state index contributed by atoms with van der Waals surface area (Å²) in [5, 5.41) is 16.3. The molecule has 23 heavy (non-hydrogen) atoms. The summed E-state index contributed by atoms with van der Waals surface area (Å²) in [6, 6.07) is 13.7. The minimum Gasteiger partial charge on any atom is -0.307 e. The molecule has 0 bridgehead atoms. The Balaban J connectivity index is 2.15. The number of halogens is 1. The van der Waals surface area contributed by atoms with Crippen molar-refractivity contribution in [3.05, 3.63) is 70.0 Å². The first-order chi connectivity index (χ1) is 11.1. The monoisotopic (exact) mass is 327 g/mol. The number of nitrogens with one attached hydrogen (secondary N) is 1. The largest absolute Gasteiger partial charge is 0.307 e. The molecule has 0 spiro atoms. The number of aryl methyl sites for hydroxylation is 2. The fourth-order valence-corrected chi connectivity index (χ4v) is 3.05. The summed E-state index contributed by atoms with van der Waals surface area (Å²) >= 11 is 6.36. The van der Waals surface area contributed by atoms with Crippen LogP contribution >= 0.6 is 11.6 Å². The standard InChI is InChI=1S/C17H18ClN5/c1-11-7-6-8-12(2)16(11)23-17(20-21-22-23)15(19-3)13-9-4-5-10-14(13)18/h4-10,15,19H,1-3H3. The van der Waals surface area contributed by atoms with Crippen molar-refractivity contribution in [3.8, 4) is 5.69 Å². The van der Waals surface area contributed by atoms with E-state index in [1.807, 2.05) is 37.4 Å². The van der Waals surface area contributed by atoms with E-state index in [1.165, 1.54) is 0 Å². The summed E-state index contributed by atoms with van der Waals surface area (Å²) in [5.74, 6) is 0.706. The van der Waals surface area contributed by atoms with Gasteiger partial charge < -0.3 is 5.32 Å². The first-order valence-corrected chi connectivity index (χ1v) is 7.78. The molecule has 5 nitrogen and oxygen atoms in total. The highest BCUT2D eigenvalue weighted by Crippen LogP contribution is 2.28. The summed E-state index contributed by atoms with van der Waals surface area (Å²) in [4.78, 5) is 0. The molecule has 2 aromatic carbocycles. The van der Waals surface area contributed by atoms with Crippen LogP contribution < -0.4 is 5.32 Å². The Labute approximate surface area is 140 Å². The van der Waals surface area contributed by atoms with E-state index in [0.717, 1.165) is 22.4 Å². The molecule has 0 saturated heterocycles. The van der Waals surface area contributed by atoms with Crippen molar-refractivity contribution in [3.63, 3.8) is 0 Å². The van der Waals surface area contributed by atoms with Gasteiger partial charge in [0.1, 0.15) is 0 Å². The van der Waals surface area contributed by atoms with Gasteiger partial charge in [-0.15, -0.1) is 5.10 Å². The van der Waals surface area contributed by atoms with E-state index in [4.69, 9.17) is 11.6 Å². The molecule has 1 aromatic heterocycles. The number of rotatable bonds is 4. The van der Waals surface area contributed by atoms with E-state index in [-0.39, 0.29) is 6.04 Å². The molecule has 6 heteroatoms. The minimum atomic E-state index is -0.197. The predicted molar refractivity (Wildman–Crippen MR) is 91.0 cm³/mol. The van der Waals surface area contributed by atoms with Crippen molar-refractivity contribution in [2.24, 2.45) is 0 Å². The van der Waals surface area contributed by atoms with Gasteiger partial charge in [-0.25, -0.2) is 0 Å². The highest BCUT2D eigenvalue weighted by Gasteiger charge is 2.23. The minimum absolute atomic E-state index is 0.197. The summed E-state index contributed by atoms with van der Waals surface area (Å²) < 4.78 is 1.79. The van der Waals surface area contributed by atoms with Crippen LogP contribution in [0.5, 0.6) is 0 Å². The van der Waals surface area contributed by atoms with Crippen molar-refractivity contribution in [2.75, 3.05) is 7.05 Å². The van der Waals surface area contributed by atoms with E-state index >= 15 is 0 Å². The Morgan fingerprint density at radius 3 is 2.39 bits per heavy atom. The first-order valence-electron chi connectivity index (χ1n) is 7.40. The fourth-order valence-electron chi connectivity index (χ4n) is 2.81. The SMILES string of the molecule is CNC(c1ccccc1Cl)c1nnnn1-c1c(C)cccc1C. The molecule has 0 aliphatic heterocycles. The summed E-state index contributed by atoms with van der Waals surface area (Å²) in [5.41, 5.74) is 4.18. The predicted octanol–water partition coefficient (Wildman–Crippen LogP) is 3.24. The van der Waals surface area contributed by atoms with E-state index in [2.05, 4.69) is 46.8 Å². The molecular weight excluding hydrogens is 310 g/mol. The number of para-hydroxylation sites is 1. The molecule has 0 aliphatic carbocycles. The molecule has 3 rings (SSSR count). The second kappa shape index (κ2) is 6.48. The molecule has 1 heterocycles. The molecule has 0 fully saturated rings. The molecule has 3 aromatic rings. The molecule has 118 valence electrons. The van der Waals surface area contributed by atoms with Gasteiger partial charge in [-0.3, -0.25) is 0 Å². The zero-order chi connectivity index (χ0) is 16.4. The lowest BCUT2D eigenvalue weighted by atomic mass is 10.1. The maximum Gasteiger partial charge on any atom is 0.178 e. The second-order valence-corrected chi connectivity index (χ2v) is 5.84. The zero-order valence-corrected chi connectivity index (χ0v) is 14.0. The molecule has 1 N–H and O–H groups in total. The first kappa shape index (κ1) is 15.6. The lowest BCUT2D eigenvalue weighted by Gasteiger charge is -2.19. The highest BCUT2D eigenvalue weighted by molar-refractivity contribution is 6.31. The summed E-state index contributed by atoms with van der Waals surface area (Å²) in [7, 11) is 1.87. The number of benzene rings is 2. The molecule has 0 aliphatic rings. The Morgan fingerprint density at radius 1 is 1.04 bits per heavy atom. The van der Waals surface area contributed by atoms with Crippen LogP contribution in [-0.4, -0.2) is 27.3 Å². The Morgan fingerprint density at radius 2 is 1.74 bits per heavy atom. The van der Waals surface area contributed by atoms with E-state index in [1.54, 1.807) is 4.68 Å². The fraction of sp³-hybridized carbons (Fsp3) is 0.235. The lowest BCUT2D eigenvalue weighted by molar-refractivity contribution is 0.619. The third-order valence-corrected chi connectivity index (χ3v) is 4.25. The average Bonchev–Trinajstić information content (AvgIpc) is 2.99. The second-order valence-electron chi connectivity index (χ2n) is 5.43. The molecule has 0 radical (unpaired) electrons. The topological polar surface area (TPSA) is 55.6 Å². The van der Waals surface area contributed by atoms with Gasteiger partial charge in [0.25, 0.3) is 0 Å². The van der Waals surface area contributed by atoms with Crippen LogP contribution in [0.15, 0.2) is 42.5 Å². The number of hydrogen-bond acceptors (Lipinski definition) is 4. The van der Waals surface area contributed by atoms with E-state index in [0.29, 0.717) is 10.8 Å².